The Kier molecular flexibility index (Phi) is 4.50. The zero-order valence-corrected chi connectivity index (χ0v) is 18.2. The molecule has 1 atom stereocenters. The van der Waals surface area contributed by atoms with Gasteiger partial charge in [-0.1, -0.05) is 30.3 Å². The average molecular weight is 412 g/mol. The lowest BCUT2D eigenvalue weighted by Gasteiger charge is -2.18. The third-order valence-corrected chi connectivity index (χ3v) is 6.06. The Morgan fingerprint density at radius 1 is 1.06 bits per heavy atom. The maximum Gasteiger partial charge on any atom is 0.250 e. The number of nitrogens with zero attached hydrogens (tertiary/aromatic N) is 4. The first kappa shape index (κ1) is 19.3. The molecule has 3 heterocycles. The van der Waals surface area contributed by atoms with E-state index in [-0.39, 0.29) is 11.6 Å². The number of pyridine rings is 1. The molecule has 156 valence electrons. The summed E-state index contributed by atoms with van der Waals surface area (Å²) in [5.41, 5.74) is 6.78. The maximum atomic E-state index is 12.0. The molecule has 0 aliphatic rings. The quantitative estimate of drug-likeness (QED) is 0.453. The molecule has 31 heavy (non-hydrogen) atoms. The van der Waals surface area contributed by atoms with Crippen LogP contribution in [0.1, 0.15) is 36.7 Å². The summed E-state index contributed by atoms with van der Waals surface area (Å²) in [6.07, 6.45) is 1.75. The van der Waals surface area contributed by atoms with Gasteiger partial charge in [-0.25, -0.2) is 4.98 Å². The van der Waals surface area contributed by atoms with Gasteiger partial charge in [-0.3, -0.25) is 9.48 Å². The van der Waals surface area contributed by atoms with Crippen LogP contribution < -0.4 is 5.56 Å². The van der Waals surface area contributed by atoms with Crippen molar-refractivity contribution in [3.8, 4) is 11.4 Å². The van der Waals surface area contributed by atoms with Crippen molar-refractivity contribution in [3.05, 3.63) is 81.9 Å². The first-order chi connectivity index (χ1) is 15.0. The van der Waals surface area contributed by atoms with Crippen molar-refractivity contribution < 1.29 is 0 Å². The highest BCUT2D eigenvalue weighted by molar-refractivity contribution is 5.96. The van der Waals surface area contributed by atoms with Crippen LogP contribution in [0.15, 0.2) is 59.5 Å². The van der Waals surface area contributed by atoms with E-state index in [0.717, 1.165) is 45.6 Å². The fourth-order valence-corrected chi connectivity index (χ4v) is 4.37. The van der Waals surface area contributed by atoms with Crippen LogP contribution in [0.3, 0.4) is 0 Å². The monoisotopic (exact) mass is 411 g/mol. The summed E-state index contributed by atoms with van der Waals surface area (Å²) in [7, 11) is 0. The predicted molar refractivity (Wildman–Crippen MR) is 124 cm³/mol. The van der Waals surface area contributed by atoms with E-state index in [9.17, 15) is 4.79 Å². The minimum absolute atomic E-state index is 0.0602. The summed E-state index contributed by atoms with van der Waals surface area (Å²) in [4.78, 5) is 19.8. The van der Waals surface area contributed by atoms with E-state index in [2.05, 4.69) is 64.9 Å². The highest BCUT2D eigenvalue weighted by Crippen LogP contribution is 2.34. The second-order valence-corrected chi connectivity index (χ2v) is 8.05. The second-order valence-electron chi connectivity index (χ2n) is 8.05. The molecular weight excluding hydrogens is 386 g/mol. The molecule has 0 aliphatic heterocycles. The van der Waals surface area contributed by atoms with Gasteiger partial charge in [0.2, 0.25) is 0 Å². The predicted octanol–water partition coefficient (Wildman–Crippen LogP) is 4.99. The number of rotatable bonds is 4. The van der Waals surface area contributed by atoms with E-state index in [1.165, 1.54) is 5.56 Å². The fourth-order valence-electron chi connectivity index (χ4n) is 4.37. The van der Waals surface area contributed by atoms with Gasteiger partial charge in [-0.15, -0.1) is 0 Å². The maximum absolute atomic E-state index is 12.0. The van der Waals surface area contributed by atoms with Crippen molar-refractivity contribution in [1.82, 2.24) is 24.3 Å². The molecule has 0 bridgehead atoms. The molecule has 0 unspecified atom stereocenters. The van der Waals surface area contributed by atoms with Crippen molar-refractivity contribution in [2.24, 2.45) is 0 Å². The molecule has 0 saturated carbocycles. The smallest absolute Gasteiger partial charge is 0.250 e. The molecule has 2 aromatic carbocycles. The molecule has 0 aliphatic carbocycles. The van der Waals surface area contributed by atoms with Crippen molar-refractivity contribution in [3.63, 3.8) is 0 Å². The number of fused-ring (bicyclic) bond motifs is 2. The molecule has 3 aromatic heterocycles. The van der Waals surface area contributed by atoms with Crippen LogP contribution in [0.25, 0.3) is 33.3 Å². The van der Waals surface area contributed by atoms with Crippen LogP contribution in [0.5, 0.6) is 0 Å². The van der Waals surface area contributed by atoms with Crippen LogP contribution in [-0.4, -0.2) is 24.3 Å². The van der Waals surface area contributed by atoms with Crippen LogP contribution in [-0.2, 0) is 6.54 Å². The second kappa shape index (κ2) is 7.23. The molecule has 5 aromatic rings. The Labute approximate surface area is 180 Å². The van der Waals surface area contributed by atoms with Crippen molar-refractivity contribution in [2.75, 3.05) is 0 Å². The number of aryl methyl sites for hydroxylation is 3. The number of imidazole rings is 1. The normalized spacial score (nSPS) is 12.6. The minimum Gasteiger partial charge on any atom is -0.328 e. The molecule has 5 rings (SSSR count). The number of hydrogen-bond donors (Lipinski definition) is 1. The van der Waals surface area contributed by atoms with Crippen molar-refractivity contribution in [1.29, 1.82) is 0 Å². The van der Waals surface area contributed by atoms with Gasteiger partial charge >= 0.3 is 0 Å². The summed E-state index contributed by atoms with van der Waals surface area (Å²) < 4.78 is 4.30. The molecule has 0 saturated heterocycles. The zero-order valence-electron chi connectivity index (χ0n) is 18.2. The van der Waals surface area contributed by atoms with E-state index in [1.54, 1.807) is 6.20 Å². The third-order valence-electron chi connectivity index (χ3n) is 6.06. The molecule has 0 amide bonds. The number of nitrogens with one attached hydrogen (secondary N) is 1. The lowest BCUT2D eigenvalue weighted by atomic mass is 10.1. The van der Waals surface area contributed by atoms with E-state index in [1.807, 2.05) is 30.7 Å². The standard InChI is InChI=1S/C25H25N5O/c1-5-29-22-13-23-21(12-20(22)16(3)28-29)27-24(19-11-15(2)25(31)26-14-19)30(23)17(4)18-9-7-6-8-10-18/h6-14,17H,5H2,1-4H3,(H,26,31)/t17-/m0/s1. The molecule has 6 heteroatoms. The Morgan fingerprint density at radius 2 is 1.84 bits per heavy atom. The van der Waals surface area contributed by atoms with Gasteiger partial charge in [0.15, 0.2) is 0 Å². The minimum atomic E-state index is -0.0769. The van der Waals surface area contributed by atoms with Gasteiger partial charge in [0.25, 0.3) is 5.56 Å². The molecule has 0 spiro atoms. The van der Waals surface area contributed by atoms with Gasteiger partial charge < -0.3 is 9.55 Å². The Hall–Kier alpha value is -3.67. The molecule has 1 N–H and O–H groups in total. The number of hydrogen-bond acceptors (Lipinski definition) is 3. The summed E-state index contributed by atoms with van der Waals surface area (Å²) in [5, 5.41) is 5.81. The summed E-state index contributed by atoms with van der Waals surface area (Å²) >= 11 is 0. The van der Waals surface area contributed by atoms with E-state index in [4.69, 9.17) is 4.98 Å². The molecular formula is C25H25N5O. The fraction of sp³-hybridized carbons (Fsp3) is 0.240. The first-order valence-electron chi connectivity index (χ1n) is 10.6. The lowest BCUT2D eigenvalue weighted by molar-refractivity contribution is 0.663. The van der Waals surface area contributed by atoms with Gasteiger partial charge in [0, 0.05) is 29.3 Å². The van der Waals surface area contributed by atoms with Crippen LogP contribution in [0.4, 0.5) is 0 Å². The van der Waals surface area contributed by atoms with Crippen LogP contribution >= 0.6 is 0 Å². The summed E-state index contributed by atoms with van der Waals surface area (Å²) in [6, 6.07) is 16.7. The van der Waals surface area contributed by atoms with E-state index in [0.29, 0.717) is 5.56 Å². The Morgan fingerprint density at radius 3 is 2.55 bits per heavy atom. The number of benzene rings is 2. The summed E-state index contributed by atoms with van der Waals surface area (Å²) in [6.45, 7) is 8.96. The van der Waals surface area contributed by atoms with Gasteiger partial charge in [0.05, 0.1) is 28.3 Å². The van der Waals surface area contributed by atoms with Crippen LogP contribution in [0, 0.1) is 13.8 Å². The third kappa shape index (κ3) is 3.06. The Balaban J connectivity index is 1.85. The van der Waals surface area contributed by atoms with Crippen molar-refractivity contribution in [2.45, 2.75) is 40.3 Å². The lowest BCUT2D eigenvalue weighted by Crippen LogP contribution is -2.11. The number of aromatic nitrogens is 5. The SMILES string of the molecule is CCn1nc(C)c2cc3nc(-c4c[nH]c(=O)c(C)c4)n([C@@H](C)c4ccccc4)c3cc21. The summed E-state index contributed by atoms with van der Waals surface area (Å²) in [5.74, 6) is 0.840. The van der Waals surface area contributed by atoms with Gasteiger partial charge in [-0.2, -0.15) is 5.10 Å². The van der Waals surface area contributed by atoms with Gasteiger partial charge in [0.1, 0.15) is 5.82 Å². The van der Waals surface area contributed by atoms with Crippen molar-refractivity contribution >= 4 is 21.9 Å². The van der Waals surface area contributed by atoms with E-state index < -0.39 is 0 Å². The highest BCUT2D eigenvalue weighted by Gasteiger charge is 2.21. The number of aromatic amines is 1. The average Bonchev–Trinajstić information content (AvgIpc) is 3.31. The molecule has 0 fully saturated rings. The Bertz CT molecular complexity index is 1470. The number of H-pyrrole nitrogens is 1. The topological polar surface area (TPSA) is 68.5 Å². The highest BCUT2D eigenvalue weighted by atomic mass is 16.1. The first-order valence-corrected chi connectivity index (χ1v) is 10.6. The van der Waals surface area contributed by atoms with Crippen LogP contribution in [0.2, 0.25) is 0 Å². The van der Waals surface area contributed by atoms with E-state index >= 15 is 0 Å². The molecule has 6 nitrogen and oxygen atoms in total. The largest absolute Gasteiger partial charge is 0.328 e. The molecule has 0 radical (unpaired) electrons. The zero-order chi connectivity index (χ0) is 21.7. The van der Waals surface area contributed by atoms with Gasteiger partial charge in [-0.05, 0) is 51.5 Å².